The van der Waals surface area contributed by atoms with Gasteiger partial charge in [0.25, 0.3) is 0 Å². The number of halogens is 2. The van der Waals surface area contributed by atoms with Crippen LogP contribution >= 0.6 is 31.9 Å². The predicted octanol–water partition coefficient (Wildman–Crippen LogP) is 7.52. The third-order valence-electron chi connectivity index (χ3n) is 4.61. The number of nitrogens with zero attached hydrogens (tertiary/aromatic N) is 1. The highest BCUT2D eigenvalue weighted by atomic mass is 79.9. The lowest BCUT2D eigenvalue weighted by Crippen LogP contribution is -1.98. The summed E-state index contributed by atoms with van der Waals surface area (Å²) in [5.74, 6) is 2.80. The molecule has 5 aromatic rings. The van der Waals surface area contributed by atoms with Crippen LogP contribution in [0.25, 0.3) is 11.0 Å². The molecule has 5 N–H and O–H groups in total. The number of benzene rings is 4. The number of ether oxygens (including phenoxy) is 2. The van der Waals surface area contributed by atoms with Crippen molar-refractivity contribution in [2.75, 3.05) is 11.5 Å². The van der Waals surface area contributed by atoms with Crippen molar-refractivity contribution < 1.29 is 9.47 Å². The number of rotatable bonds is 4. The van der Waals surface area contributed by atoms with Crippen LogP contribution in [-0.2, 0) is 0 Å². The van der Waals surface area contributed by atoms with E-state index in [0.717, 1.165) is 37.2 Å². The van der Waals surface area contributed by atoms with Gasteiger partial charge in [-0.05, 0) is 80.4 Å². The number of H-pyrrole nitrogens is 1. The molecule has 4 aromatic carbocycles. The van der Waals surface area contributed by atoms with E-state index in [2.05, 4.69) is 41.8 Å². The van der Waals surface area contributed by atoms with Gasteiger partial charge in [-0.1, -0.05) is 36.4 Å². The fourth-order valence-corrected chi connectivity index (χ4v) is 3.79. The van der Waals surface area contributed by atoms with E-state index in [0.29, 0.717) is 17.1 Å². The molecule has 0 aliphatic heterocycles. The second-order valence-electron chi connectivity index (χ2n) is 6.88. The summed E-state index contributed by atoms with van der Waals surface area (Å²) < 4.78 is 13.2. The topological polar surface area (TPSA) is 99.2 Å². The molecule has 8 heteroatoms. The minimum absolute atomic E-state index is 0.443. The number of hydrogen-bond acceptors (Lipinski definition) is 5. The van der Waals surface area contributed by atoms with Gasteiger partial charge in [-0.25, -0.2) is 4.98 Å². The minimum atomic E-state index is 0.443. The zero-order chi connectivity index (χ0) is 23.2. The van der Waals surface area contributed by atoms with Gasteiger partial charge in [-0.2, -0.15) is 0 Å². The largest absolute Gasteiger partial charge is 0.454 e. The van der Waals surface area contributed by atoms with Crippen LogP contribution in [0.1, 0.15) is 0 Å². The lowest BCUT2D eigenvalue weighted by atomic mass is 10.2. The highest BCUT2D eigenvalue weighted by molar-refractivity contribution is 9.11. The molecule has 33 heavy (non-hydrogen) atoms. The Kier molecular flexibility index (Phi) is 7.16. The molecule has 0 spiro atoms. The quantitative estimate of drug-likeness (QED) is 0.195. The molecular formula is C25H20Br2N4O2. The standard InChI is InChI=1S/C13H9BrN2O.C12H11BrN2O/c14-10-6-7-11-12(16-8-15-11)13(10)17-9-4-2-1-3-5-9;13-9-6-7-10(14)11(15)12(9)16-8-4-2-1-3-5-8/h1-8H,(H,15,16);1-7H,14-15H2. The number of hydrogen-bond donors (Lipinski definition) is 3. The summed E-state index contributed by atoms with van der Waals surface area (Å²) in [5.41, 5.74) is 14.3. The molecule has 1 aromatic heterocycles. The summed E-state index contributed by atoms with van der Waals surface area (Å²) in [6.07, 6.45) is 1.66. The van der Waals surface area contributed by atoms with Crippen molar-refractivity contribution in [3.05, 3.63) is 100 Å². The predicted molar refractivity (Wildman–Crippen MR) is 140 cm³/mol. The van der Waals surface area contributed by atoms with Gasteiger partial charge in [-0.15, -0.1) is 0 Å². The zero-order valence-corrected chi connectivity index (χ0v) is 20.5. The first-order valence-corrected chi connectivity index (χ1v) is 11.5. The molecule has 5 rings (SSSR count). The molecule has 0 atom stereocenters. The summed E-state index contributed by atoms with van der Waals surface area (Å²) in [6, 6.07) is 26.5. The van der Waals surface area contributed by atoms with Gasteiger partial charge in [-0.3, -0.25) is 0 Å². The van der Waals surface area contributed by atoms with Crippen molar-refractivity contribution in [1.82, 2.24) is 9.97 Å². The normalized spacial score (nSPS) is 10.4. The first-order valence-electron chi connectivity index (χ1n) is 9.94. The first kappa shape index (κ1) is 22.7. The Labute approximate surface area is 207 Å². The van der Waals surface area contributed by atoms with Crippen molar-refractivity contribution in [2.24, 2.45) is 0 Å². The average Bonchev–Trinajstić information content (AvgIpc) is 3.32. The van der Waals surface area contributed by atoms with E-state index >= 15 is 0 Å². The van der Waals surface area contributed by atoms with E-state index in [4.69, 9.17) is 20.9 Å². The Morgan fingerprint density at radius 1 is 0.667 bits per heavy atom. The summed E-state index contributed by atoms with van der Waals surface area (Å²) in [4.78, 5) is 7.33. The molecule has 0 amide bonds. The third kappa shape index (κ3) is 5.47. The van der Waals surface area contributed by atoms with E-state index in [-0.39, 0.29) is 0 Å². The SMILES string of the molecule is Brc1ccc2[nH]cnc2c1Oc1ccccc1.Nc1ccc(Br)c(Oc2ccccc2)c1N. The molecule has 0 unspecified atom stereocenters. The number of nitrogen functional groups attached to an aromatic ring is 2. The highest BCUT2D eigenvalue weighted by Crippen LogP contribution is 2.38. The van der Waals surface area contributed by atoms with Crippen molar-refractivity contribution >= 4 is 54.3 Å². The number of aromatic nitrogens is 2. The van der Waals surface area contributed by atoms with Gasteiger partial charge in [0.05, 0.1) is 32.2 Å². The number of aromatic amines is 1. The highest BCUT2D eigenvalue weighted by Gasteiger charge is 2.11. The molecule has 0 aliphatic carbocycles. The molecule has 0 saturated heterocycles. The smallest absolute Gasteiger partial charge is 0.169 e. The van der Waals surface area contributed by atoms with Crippen LogP contribution in [0.5, 0.6) is 23.0 Å². The van der Waals surface area contributed by atoms with Gasteiger partial charge in [0, 0.05) is 0 Å². The van der Waals surface area contributed by atoms with E-state index in [9.17, 15) is 0 Å². The lowest BCUT2D eigenvalue weighted by Gasteiger charge is -2.11. The van der Waals surface area contributed by atoms with Gasteiger partial charge in [0.15, 0.2) is 11.5 Å². The van der Waals surface area contributed by atoms with Crippen molar-refractivity contribution in [2.45, 2.75) is 0 Å². The maximum absolute atomic E-state index is 5.85. The zero-order valence-electron chi connectivity index (χ0n) is 17.3. The van der Waals surface area contributed by atoms with Crippen LogP contribution in [-0.4, -0.2) is 9.97 Å². The minimum Gasteiger partial charge on any atom is -0.454 e. The Bertz CT molecular complexity index is 1360. The summed E-state index contributed by atoms with van der Waals surface area (Å²) >= 11 is 6.86. The second-order valence-corrected chi connectivity index (χ2v) is 8.59. The third-order valence-corrected chi connectivity index (χ3v) is 5.85. The number of nitrogens with two attached hydrogens (primary N) is 2. The molecule has 0 radical (unpaired) electrons. The molecule has 6 nitrogen and oxygen atoms in total. The Hall–Kier alpha value is -3.49. The van der Waals surface area contributed by atoms with Crippen LogP contribution in [0.15, 0.2) is 100 Å². The van der Waals surface area contributed by atoms with Crippen LogP contribution in [0, 0.1) is 0 Å². The number of anilines is 2. The van der Waals surface area contributed by atoms with E-state index in [1.165, 1.54) is 0 Å². The number of fused-ring (bicyclic) bond motifs is 1. The molecular weight excluding hydrogens is 548 g/mol. The van der Waals surface area contributed by atoms with Crippen LogP contribution in [0.2, 0.25) is 0 Å². The van der Waals surface area contributed by atoms with Gasteiger partial charge >= 0.3 is 0 Å². The average molecular weight is 568 g/mol. The lowest BCUT2D eigenvalue weighted by molar-refractivity contribution is 0.482. The molecule has 0 saturated carbocycles. The Morgan fingerprint density at radius 3 is 1.85 bits per heavy atom. The molecule has 0 aliphatic rings. The Balaban J connectivity index is 0.000000157. The summed E-state index contributed by atoms with van der Waals surface area (Å²) in [7, 11) is 0. The Morgan fingerprint density at radius 2 is 1.21 bits per heavy atom. The van der Waals surface area contributed by atoms with Crippen molar-refractivity contribution in [3.8, 4) is 23.0 Å². The summed E-state index contributed by atoms with van der Waals surface area (Å²) in [5, 5.41) is 0. The van der Waals surface area contributed by atoms with Gasteiger partial charge in [0.2, 0.25) is 0 Å². The van der Waals surface area contributed by atoms with E-state index in [1.807, 2.05) is 78.9 Å². The van der Waals surface area contributed by atoms with Gasteiger partial charge < -0.3 is 25.9 Å². The van der Waals surface area contributed by atoms with Crippen LogP contribution < -0.4 is 20.9 Å². The maximum atomic E-state index is 5.85. The molecule has 0 bridgehead atoms. The number of imidazole rings is 1. The monoisotopic (exact) mass is 566 g/mol. The fourth-order valence-electron chi connectivity index (χ4n) is 2.96. The van der Waals surface area contributed by atoms with Crippen LogP contribution in [0.4, 0.5) is 11.4 Å². The van der Waals surface area contributed by atoms with Crippen molar-refractivity contribution in [3.63, 3.8) is 0 Å². The second kappa shape index (κ2) is 10.4. The summed E-state index contributed by atoms with van der Waals surface area (Å²) in [6.45, 7) is 0. The fraction of sp³-hybridized carbons (Fsp3) is 0. The first-order chi connectivity index (χ1) is 16.0. The van der Waals surface area contributed by atoms with E-state index < -0.39 is 0 Å². The van der Waals surface area contributed by atoms with E-state index in [1.54, 1.807) is 12.4 Å². The van der Waals surface area contributed by atoms with Crippen LogP contribution in [0.3, 0.4) is 0 Å². The number of nitrogens with one attached hydrogen (secondary N) is 1. The van der Waals surface area contributed by atoms with Crippen molar-refractivity contribution in [1.29, 1.82) is 0 Å². The van der Waals surface area contributed by atoms with Gasteiger partial charge in [0.1, 0.15) is 17.0 Å². The molecule has 0 fully saturated rings. The molecule has 1 heterocycles. The number of para-hydroxylation sites is 2. The maximum Gasteiger partial charge on any atom is 0.169 e. The molecule has 166 valence electrons.